The highest BCUT2D eigenvalue weighted by atomic mass is 32.5. The van der Waals surface area contributed by atoms with Crippen molar-refractivity contribution in [3.05, 3.63) is 35.9 Å². The van der Waals surface area contributed by atoms with E-state index in [0.29, 0.717) is 6.42 Å². The van der Waals surface area contributed by atoms with E-state index in [4.69, 9.17) is 47.3 Å². The Kier molecular flexibility index (Phi) is 19.8. The van der Waals surface area contributed by atoms with Gasteiger partial charge in [-0.1, -0.05) is 127 Å². The van der Waals surface area contributed by atoms with E-state index >= 15 is 0 Å². The molecular weight excluding hydrogens is 605 g/mol. The van der Waals surface area contributed by atoms with Gasteiger partial charge < -0.3 is 33.5 Å². The highest BCUT2D eigenvalue weighted by Gasteiger charge is 2.47. The number of thiocarbonyl (C=S) groups is 1. The summed E-state index contributed by atoms with van der Waals surface area (Å²) >= 11 is 10.8. The van der Waals surface area contributed by atoms with Gasteiger partial charge in [-0.15, -0.1) is 0 Å². The van der Waals surface area contributed by atoms with Crippen LogP contribution in [0.5, 0.6) is 0 Å². The molecule has 0 radical (unpaired) electrons. The lowest BCUT2D eigenvalue weighted by Gasteiger charge is -2.28. The van der Waals surface area contributed by atoms with Gasteiger partial charge in [-0.3, -0.25) is 0 Å². The van der Waals surface area contributed by atoms with Crippen LogP contribution in [0.25, 0.3) is 0 Å². The molecule has 2 unspecified atom stereocenters. The minimum Gasteiger partial charge on any atom is -0.434 e. The van der Waals surface area contributed by atoms with Crippen molar-refractivity contribution in [3.8, 4) is 0 Å². The number of hydrogen-bond acceptors (Lipinski definition) is 8. The molecule has 11 heteroatoms. The van der Waals surface area contributed by atoms with Gasteiger partial charge in [0, 0.05) is 20.1 Å². The number of carbonyl (C=O) groups excluding carboxylic acids is 1. The highest BCUT2D eigenvalue weighted by molar-refractivity contribution is 8.07. The van der Waals surface area contributed by atoms with Gasteiger partial charge in [-0.2, -0.15) is 0 Å². The van der Waals surface area contributed by atoms with E-state index in [1.807, 2.05) is 30.3 Å². The van der Waals surface area contributed by atoms with E-state index in [1.165, 1.54) is 77.7 Å². The molecule has 1 saturated carbocycles. The average molecular weight is 660 g/mol. The van der Waals surface area contributed by atoms with Crippen molar-refractivity contribution in [2.75, 3.05) is 20.8 Å². The Morgan fingerprint density at radius 2 is 1.49 bits per heavy atom. The molecule has 0 bridgehead atoms. The molecule has 2 N–H and O–H groups in total. The summed E-state index contributed by atoms with van der Waals surface area (Å²) in [4.78, 5) is 23.5. The molecule has 1 fully saturated rings. The van der Waals surface area contributed by atoms with Crippen LogP contribution in [0.2, 0.25) is 0 Å². The molecule has 43 heavy (non-hydrogen) atoms. The first kappa shape index (κ1) is 38.1. The van der Waals surface area contributed by atoms with E-state index in [0.717, 1.165) is 29.8 Å². The topological polar surface area (TPSA) is 95.5 Å². The Morgan fingerprint density at radius 1 is 0.907 bits per heavy atom. The lowest BCUT2D eigenvalue weighted by Crippen LogP contribution is -2.44. The zero-order valence-corrected chi connectivity index (χ0v) is 28.9. The smallest absolute Gasteiger partial charge is 0.434 e. The Balaban J connectivity index is 1.73. The molecule has 246 valence electrons. The van der Waals surface area contributed by atoms with Crippen molar-refractivity contribution in [2.45, 2.75) is 128 Å². The summed E-state index contributed by atoms with van der Waals surface area (Å²) < 4.78 is 27.3. The Hall–Kier alpha value is -1.13. The number of carbonyl (C=O) groups is 1. The minimum absolute atomic E-state index is 0.0149. The number of methoxy groups -OCH3 is 1. The van der Waals surface area contributed by atoms with Crippen LogP contribution in [0.15, 0.2) is 30.3 Å². The summed E-state index contributed by atoms with van der Waals surface area (Å²) in [5.74, 6) is -0.310. The van der Waals surface area contributed by atoms with Crippen LogP contribution >= 0.6 is 18.9 Å². The fourth-order valence-electron chi connectivity index (χ4n) is 5.55. The molecule has 0 spiro atoms. The van der Waals surface area contributed by atoms with Crippen LogP contribution in [0.3, 0.4) is 0 Å². The van der Waals surface area contributed by atoms with E-state index in [2.05, 4.69) is 12.2 Å². The molecule has 1 aliphatic carbocycles. The van der Waals surface area contributed by atoms with Gasteiger partial charge in [0.25, 0.3) is 0 Å². The van der Waals surface area contributed by atoms with E-state index in [-0.39, 0.29) is 25.2 Å². The standard InChI is InChI=1S/C32H54NO7PS2/c1-4-5-6-7-8-9-10-11-12-13-14-15-19-22-29(42)33-28-23-27(30(31(28)36-2)40-41(35,43)37-3)25-39-32(34)38-24-26-20-17-16-18-21-26/h16-18,20-21,27-28,30-31H,4-15,19,22-25H2,1-3H3,(H,33,42)(H,35,43)/t27-,28+,30+,31?,41?/m1/s1. The monoisotopic (exact) mass is 659 g/mol. The second kappa shape index (κ2) is 22.4. The summed E-state index contributed by atoms with van der Waals surface area (Å²) in [5, 5.41) is 3.43. The molecule has 0 saturated heterocycles. The molecular formula is C32H54NO7PS2. The number of ether oxygens (including phenoxy) is 3. The molecule has 5 atom stereocenters. The van der Waals surface area contributed by atoms with Crippen LogP contribution in [0, 0.1) is 5.92 Å². The molecule has 0 aromatic heterocycles. The maximum Gasteiger partial charge on any atom is 0.508 e. The van der Waals surface area contributed by atoms with Crippen LogP contribution < -0.4 is 5.32 Å². The van der Waals surface area contributed by atoms with Crippen molar-refractivity contribution in [2.24, 2.45) is 5.92 Å². The van der Waals surface area contributed by atoms with Crippen molar-refractivity contribution < 1.29 is 32.9 Å². The number of rotatable bonds is 23. The van der Waals surface area contributed by atoms with E-state index in [1.54, 1.807) is 7.11 Å². The minimum atomic E-state index is -3.49. The number of benzene rings is 1. The van der Waals surface area contributed by atoms with Crippen LogP contribution in [0.4, 0.5) is 4.79 Å². The number of hydrogen-bond donors (Lipinski definition) is 2. The highest BCUT2D eigenvalue weighted by Crippen LogP contribution is 2.48. The zero-order valence-electron chi connectivity index (χ0n) is 26.4. The maximum absolute atomic E-state index is 12.3. The zero-order chi connectivity index (χ0) is 31.3. The van der Waals surface area contributed by atoms with Crippen LogP contribution in [-0.4, -0.2) is 55.1 Å². The van der Waals surface area contributed by atoms with Crippen molar-refractivity contribution in [1.82, 2.24) is 5.32 Å². The number of unbranched alkanes of at least 4 members (excludes halogenated alkanes) is 12. The first-order valence-corrected chi connectivity index (χ1v) is 19.0. The number of nitrogens with one attached hydrogen (secondary N) is 1. The van der Waals surface area contributed by atoms with Gasteiger partial charge in [0.05, 0.1) is 11.0 Å². The van der Waals surface area contributed by atoms with Gasteiger partial charge in [-0.25, -0.2) is 4.79 Å². The largest absolute Gasteiger partial charge is 0.508 e. The molecule has 8 nitrogen and oxygen atoms in total. The van der Waals surface area contributed by atoms with E-state index < -0.39 is 25.1 Å². The molecule has 0 aliphatic heterocycles. The van der Waals surface area contributed by atoms with Gasteiger partial charge in [0.1, 0.15) is 25.4 Å². The predicted molar refractivity (Wildman–Crippen MR) is 180 cm³/mol. The molecule has 0 amide bonds. The van der Waals surface area contributed by atoms with Gasteiger partial charge in [0.15, 0.2) is 0 Å². The first-order chi connectivity index (χ1) is 20.8. The Labute approximate surface area is 270 Å². The molecule has 1 aromatic rings. The maximum atomic E-state index is 12.3. The third-order valence-electron chi connectivity index (χ3n) is 7.97. The lowest BCUT2D eigenvalue weighted by molar-refractivity contribution is -0.0250. The van der Waals surface area contributed by atoms with Gasteiger partial charge >= 0.3 is 12.9 Å². The Bertz CT molecular complexity index is 955. The lowest BCUT2D eigenvalue weighted by atomic mass is 10.0. The van der Waals surface area contributed by atoms with Crippen LogP contribution in [-0.2, 0) is 41.7 Å². The molecule has 1 aromatic carbocycles. The average Bonchev–Trinajstić information content (AvgIpc) is 3.32. The predicted octanol–water partition coefficient (Wildman–Crippen LogP) is 8.39. The van der Waals surface area contributed by atoms with Gasteiger partial charge in [0.2, 0.25) is 0 Å². The summed E-state index contributed by atoms with van der Waals surface area (Å²) in [6, 6.07) is 9.19. The van der Waals surface area contributed by atoms with E-state index in [9.17, 15) is 9.69 Å². The normalized spacial score (nSPS) is 21.3. The first-order valence-electron chi connectivity index (χ1n) is 16.0. The Morgan fingerprint density at radius 3 is 2.05 bits per heavy atom. The second-order valence-corrected chi connectivity index (χ2v) is 14.8. The van der Waals surface area contributed by atoms with Gasteiger partial charge in [-0.05, 0) is 36.6 Å². The summed E-state index contributed by atoms with van der Waals surface area (Å²) in [6.07, 6.45) is 16.4. The second-order valence-electron chi connectivity index (χ2n) is 11.4. The van der Waals surface area contributed by atoms with Crippen molar-refractivity contribution >= 4 is 41.9 Å². The van der Waals surface area contributed by atoms with Crippen molar-refractivity contribution in [1.29, 1.82) is 0 Å². The van der Waals surface area contributed by atoms with Crippen molar-refractivity contribution in [3.63, 3.8) is 0 Å². The molecule has 0 heterocycles. The van der Waals surface area contributed by atoms with Crippen LogP contribution in [0.1, 0.15) is 109 Å². The molecule has 1 aliphatic rings. The SMILES string of the molecule is CCCCCCCCCCCCCCCC(=S)N[C@H]1C[C@H](COC(=O)OCc2ccccc2)[C@H](OP(O)(=S)OC)C1OC. The fraction of sp³-hybridized carbons (Fsp3) is 0.750. The molecule has 2 rings (SSSR count). The summed E-state index contributed by atoms with van der Waals surface area (Å²) in [5.41, 5.74) is 0.864. The summed E-state index contributed by atoms with van der Waals surface area (Å²) in [6.45, 7) is -1.10. The quantitative estimate of drug-likeness (QED) is 0.0516. The summed E-state index contributed by atoms with van der Waals surface area (Å²) in [7, 11) is 2.89. The fourth-order valence-corrected chi connectivity index (χ4v) is 6.83. The third-order valence-corrected chi connectivity index (χ3v) is 9.97. The third kappa shape index (κ3) is 16.1.